The average molecular weight is 323 g/mol. The molecule has 4 heteroatoms. The van der Waals surface area contributed by atoms with Crippen LogP contribution in [0, 0.1) is 13.8 Å². The van der Waals surface area contributed by atoms with Crippen molar-refractivity contribution in [3.05, 3.63) is 53.3 Å². The number of carbonyl (C=O) groups excluding carboxylic acids is 1. The third-order valence-electron chi connectivity index (χ3n) is 4.60. The summed E-state index contributed by atoms with van der Waals surface area (Å²) in [4.78, 5) is 16.6. The SMILES string of the molecule is Cc1ccc(Nc2ccc(C(=O)NC3CCCCC3)nc2)c(C)c1. The molecule has 3 rings (SSSR count). The van der Waals surface area contributed by atoms with Gasteiger partial charge in [0.25, 0.3) is 5.91 Å². The first kappa shape index (κ1) is 16.5. The number of nitrogens with one attached hydrogen (secondary N) is 2. The topological polar surface area (TPSA) is 54.0 Å². The molecule has 0 spiro atoms. The van der Waals surface area contributed by atoms with Gasteiger partial charge in [0, 0.05) is 11.7 Å². The molecule has 1 aliphatic rings. The Kier molecular flexibility index (Phi) is 5.14. The number of pyridine rings is 1. The molecule has 24 heavy (non-hydrogen) atoms. The van der Waals surface area contributed by atoms with Gasteiger partial charge in [-0.25, -0.2) is 4.98 Å². The maximum absolute atomic E-state index is 12.3. The van der Waals surface area contributed by atoms with Crippen molar-refractivity contribution in [2.24, 2.45) is 0 Å². The normalized spacial score (nSPS) is 15.1. The van der Waals surface area contributed by atoms with E-state index in [1.807, 2.05) is 6.07 Å². The monoisotopic (exact) mass is 323 g/mol. The summed E-state index contributed by atoms with van der Waals surface area (Å²) < 4.78 is 0. The van der Waals surface area contributed by atoms with E-state index in [4.69, 9.17) is 0 Å². The zero-order valence-electron chi connectivity index (χ0n) is 14.4. The Hall–Kier alpha value is -2.36. The Morgan fingerprint density at radius 1 is 1.08 bits per heavy atom. The summed E-state index contributed by atoms with van der Waals surface area (Å²) in [5.41, 5.74) is 4.85. The molecule has 1 amide bonds. The maximum Gasteiger partial charge on any atom is 0.270 e. The second-order valence-corrected chi connectivity index (χ2v) is 6.68. The lowest BCUT2D eigenvalue weighted by Crippen LogP contribution is -2.36. The third kappa shape index (κ3) is 4.13. The largest absolute Gasteiger partial charge is 0.354 e. The molecule has 1 heterocycles. The van der Waals surface area contributed by atoms with Crippen LogP contribution in [0.15, 0.2) is 36.5 Å². The Labute approximate surface area is 143 Å². The number of hydrogen-bond acceptors (Lipinski definition) is 3. The Balaban J connectivity index is 1.63. The van der Waals surface area contributed by atoms with Crippen LogP contribution in [0.5, 0.6) is 0 Å². The fourth-order valence-electron chi connectivity index (χ4n) is 3.22. The summed E-state index contributed by atoms with van der Waals surface area (Å²) in [7, 11) is 0. The Morgan fingerprint density at radius 3 is 2.54 bits per heavy atom. The van der Waals surface area contributed by atoms with Gasteiger partial charge in [-0.05, 0) is 50.5 Å². The van der Waals surface area contributed by atoms with Gasteiger partial charge in [-0.15, -0.1) is 0 Å². The summed E-state index contributed by atoms with van der Waals surface area (Å²) in [5, 5.41) is 6.45. The molecule has 1 aliphatic carbocycles. The van der Waals surface area contributed by atoms with E-state index in [1.54, 1.807) is 12.3 Å². The number of nitrogens with zero attached hydrogens (tertiary/aromatic N) is 1. The molecule has 0 bridgehead atoms. The van der Waals surface area contributed by atoms with Crippen LogP contribution in [0.25, 0.3) is 0 Å². The molecule has 1 fully saturated rings. The molecule has 0 unspecified atom stereocenters. The minimum Gasteiger partial charge on any atom is -0.354 e. The first-order chi connectivity index (χ1) is 11.6. The van der Waals surface area contributed by atoms with E-state index >= 15 is 0 Å². The van der Waals surface area contributed by atoms with Crippen LogP contribution in [0.1, 0.15) is 53.7 Å². The van der Waals surface area contributed by atoms with Gasteiger partial charge in [0.2, 0.25) is 0 Å². The summed E-state index contributed by atoms with van der Waals surface area (Å²) in [6.07, 6.45) is 7.57. The fraction of sp³-hybridized carbons (Fsp3) is 0.400. The fourth-order valence-corrected chi connectivity index (χ4v) is 3.22. The highest BCUT2D eigenvalue weighted by Gasteiger charge is 2.17. The second-order valence-electron chi connectivity index (χ2n) is 6.68. The number of carbonyl (C=O) groups is 1. The van der Waals surface area contributed by atoms with E-state index in [9.17, 15) is 4.79 Å². The second kappa shape index (κ2) is 7.47. The summed E-state index contributed by atoms with van der Waals surface area (Å²) in [6.45, 7) is 4.16. The molecule has 0 aliphatic heterocycles. The molecule has 2 aromatic rings. The van der Waals surface area contributed by atoms with Gasteiger partial charge in [0.1, 0.15) is 5.69 Å². The smallest absolute Gasteiger partial charge is 0.270 e. The third-order valence-corrected chi connectivity index (χ3v) is 4.60. The van der Waals surface area contributed by atoms with Crippen molar-refractivity contribution in [3.63, 3.8) is 0 Å². The molecule has 1 aromatic carbocycles. The van der Waals surface area contributed by atoms with E-state index in [1.165, 1.54) is 30.4 Å². The summed E-state index contributed by atoms with van der Waals surface area (Å²) >= 11 is 0. The molecular formula is C20H25N3O. The van der Waals surface area contributed by atoms with Crippen LogP contribution in [0.4, 0.5) is 11.4 Å². The predicted octanol–water partition coefficient (Wildman–Crippen LogP) is 4.50. The molecule has 1 saturated carbocycles. The number of aromatic nitrogens is 1. The molecule has 4 nitrogen and oxygen atoms in total. The zero-order chi connectivity index (χ0) is 16.9. The van der Waals surface area contributed by atoms with E-state index in [-0.39, 0.29) is 5.91 Å². The lowest BCUT2D eigenvalue weighted by molar-refractivity contribution is 0.0922. The number of rotatable bonds is 4. The summed E-state index contributed by atoms with van der Waals surface area (Å²) in [5.74, 6) is -0.0695. The molecule has 0 saturated heterocycles. The van der Waals surface area contributed by atoms with E-state index in [0.29, 0.717) is 11.7 Å². The van der Waals surface area contributed by atoms with Crippen LogP contribution >= 0.6 is 0 Å². The molecule has 1 aromatic heterocycles. The van der Waals surface area contributed by atoms with Crippen molar-refractivity contribution in [3.8, 4) is 0 Å². The van der Waals surface area contributed by atoms with Crippen LogP contribution in [-0.2, 0) is 0 Å². The van der Waals surface area contributed by atoms with Crippen molar-refractivity contribution in [2.75, 3.05) is 5.32 Å². The quantitative estimate of drug-likeness (QED) is 0.870. The van der Waals surface area contributed by atoms with Crippen molar-refractivity contribution < 1.29 is 4.79 Å². The highest BCUT2D eigenvalue weighted by atomic mass is 16.1. The van der Waals surface area contributed by atoms with Crippen LogP contribution in [-0.4, -0.2) is 16.9 Å². The van der Waals surface area contributed by atoms with E-state index in [0.717, 1.165) is 24.2 Å². The molecule has 0 radical (unpaired) electrons. The molecule has 126 valence electrons. The van der Waals surface area contributed by atoms with E-state index < -0.39 is 0 Å². The van der Waals surface area contributed by atoms with Gasteiger partial charge in [-0.2, -0.15) is 0 Å². The predicted molar refractivity (Wildman–Crippen MR) is 97.8 cm³/mol. The number of aryl methyl sites for hydroxylation is 2. The first-order valence-corrected chi connectivity index (χ1v) is 8.73. The Morgan fingerprint density at radius 2 is 1.88 bits per heavy atom. The molecular weight excluding hydrogens is 298 g/mol. The molecule has 0 atom stereocenters. The van der Waals surface area contributed by atoms with Gasteiger partial charge in [0.15, 0.2) is 0 Å². The maximum atomic E-state index is 12.3. The highest BCUT2D eigenvalue weighted by Crippen LogP contribution is 2.21. The number of amides is 1. The van der Waals surface area contributed by atoms with Gasteiger partial charge < -0.3 is 10.6 Å². The van der Waals surface area contributed by atoms with Crippen molar-refractivity contribution in [1.82, 2.24) is 10.3 Å². The summed E-state index contributed by atoms with van der Waals surface area (Å²) in [6, 6.07) is 10.3. The lowest BCUT2D eigenvalue weighted by atomic mass is 9.95. The zero-order valence-corrected chi connectivity index (χ0v) is 14.4. The highest BCUT2D eigenvalue weighted by molar-refractivity contribution is 5.92. The standard InChI is InChI=1S/C20H25N3O/c1-14-8-10-18(15(2)12-14)22-17-9-11-19(21-13-17)20(24)23-16-6-4-3-5-7-16/h8-13,16,22H,3-7H2,1-2H3,(H,23,24). The molecule has 2 N–H and O–H groups in total. The lowest BCUT2D eigenvalue weighted by Gasteiger charge is -2.22. The van der Waals surface area contributed by atoms with Crippen molar-refractivity contribution >= 4 is 17.3 Å². The van der Waals surface area contributed by atoms with Gasteiger partial charge >= 0.3 is 0 Å². The average Bonchev–Trinajstić information content (AvgIpc) is 2.59. The van der Waals surface area contributed by atoms with Crippen LogP contribution in [0.3, 0.4) is 0 Å². The minimum atomic E-state index is -0.0695. The first-order valence-electron chi connectivity index (χ1n) is 8.73. The van der Waals surface area contributed by atoms with Crippen LogP contribution in [0.2, 0.25) is 0 Å². The minimum absolute atomic E-state index is 0.0695. The van der Waals surface area contributed by atoms with Gasteiger partial charge in [0.05, 0.1) is 11.9 Å². The number of anilines is 2. The van der Waals surface area contributed by atoms with Gasteiger partial charge in [-0.3, -0.25) is 4.79 Å². The van der Waals surface area contributed by atoms with Gasteiger partial charge in [-0.1, -0.05) is 37.0 Å². The number of hydrogen-bond donors (Lipinski definition) is 2. The van der Waals surface area contributed by atoms with Crippen molar-refractivity contribution in [1.29, 1.82) is 0 Å². The number of benzene rings is 1. The van der Waals surface area contributed by atoms with Crippen molar-refractivity contribution in [2.45, 2.75) is 52.0 Å². The van der Waals surface area contributed by atoms with Crippen LogP contribution < -0.4 is 10.6 Å². The van der Waals surface area contributed by atoms with E-state index in [2.05, 4.69) is 47.7 Å². The Bertz CT molecular complexity index is 703.